The van der Waals surface area contributed by atoms with Crippen LogP contribution in [-0.2, 0) is 14.8 Å². The van der Waals surface area contributed by atoms with Gasteiger partial charge in [0.05, 0.1) is 11.4 Å². The number of nitrogens with zero attached hydrogens (tertiary/aromatic N) is 2. The molecule has 3 aromatic rings. The molecule has 4 rings (SSSR count). The Bertz CT molecular complexity index is 1220. The number of hydrogen-bond acceptors (Lipinski definition) is 4. The average molecular weight is 442 g/mol. The second-order valence-electron chi connectivity index (χ2n) is 7.61. The normalized spacial score (nSPS) is 15.2. The van der Waals surface area contributed by atoms with Crippen LogP contribution in [0, 0.1) is 12.7 Å². The lowest BCUT2D eigenvalue weighted by Crippen LogP contribution is -2.51. The Morgan fingerprint density at radius 2 is 1.68 bits per heavy atom. The third-order valence-electron chi connectivity index (χ3n) is 5.57. The van der Waals surface area contributed by atoms with Crippen molar-refractivity contribution >= 4 is 32.4 Å². The zero-order valence-corrected chi connectivity index (χ0v) is 18.0. The Balaban J connectivity index is 1.37. The molecule has 1 heterocycles. The van der Waals surface area contributed by atoms with Crippen LogP contribution < -0.4 is 5.32 Å². The predicted octanol–water partition coefficient (Wildman–Crippen LogP) is 3.23. The van der Waals surface area contributed by atoms with E-state index in [9.17, 15) is 17.6 Å². The highest BCUT2D eigenvalue weighted by atomic mass is 32.2. The van der Waals surface area contributed by atoms with Crippen LogP contribution in [0.1, 0.15) is 5.56 Å². The van der Waals surface area contributed by atoms with Crippen molar-refractivity contribution in [1.82, 2.24) is 9.21 Å². The number of hydrogen-bond donors (Lipinski definition) is 1. The number of amides is 1. The van der Waals surface area contributed by atoms with Crippen LogP contribution in [0.2, 0.25) is 0 Å². The Kier molecular flexibility index (Phi) is 5.93. The van der Waals surface area contributed by atoms with E-state index in [2.05, 4.69) is 5.32 Å². The number of sulfonamides is 1. The summed E-state index contributed by atoms with van der Waals surface area (Å²) in [6.45, 7) is 2.99. The first kappa shape index (κ1) is 21.3. The third kappa shape index (κ3) is 4.55. The molecule has 8 heteroatoms. The highest BCUT2D eigenvalue weighted by molar-refractivity contribution is 7.89. The lowest BCUT2D eigenvalue weighted by molar-refractivity contribution is -0.130. The molecule has 0 radical (unpaired) electrons. The van der Waals surface area contributed by atoms with Crippen molar-refractivity contribution in [3.05, 3.63) is 72.0 Å². The molecule has 0 aromatic heterocycles. The molecule has 0 spiro atoms. The van der Waals surface area contributed by atoms with E-state index < -0.39 is 10.0 Å². The van der Waals surface area contributed by atoms with Crippen molar-refractivity contribution in [3.8, 4) is 0 Å². The monoisotopic (exact) mass is 441 g/mol. The van der Waals surface area contributed by atoms with E-state index in [1.807, 2.05) is 30.3 Å². The minimum Gasteiger partial charge on any atom is -0.376 e. The van der Waals surface area contributed by atoms with Gasteiger partial charge in [-0.1, -0.05) is 30.3 Å². The van der Waals surface area contributed by atoms with E-state index in [-0.39, 0.29) is 36.3 Å². The number of nitrogens with one attached hydrogen (secondary N) is 1. The van der Waals surface area contributed by atoms with Crippen LogP contribution in [0.3, 0.4) is 0 Å². The van der Waals surface area contributed by atoms with Crippen LogP contribution >= 0.6 is 0 Å². The fourth-order valence-electron chi connectivity index (χ4n) is 3.76. The lowest BCUT2D eigenvalue weighted by atomic mass is 10.1. The van der Waals surface area contributed by atoms with E-state index in [1.165, 1.54) is 16.4 Å². The van der Waals surface area contributed by atoms with Gasteiger partial charge in [-0.2, -0.15) is 4.31 Å². The molecule has 31 heavy (non-hydrogen) atoms. The Labute approximate surface area is 181 Å². The number of rotatable bonds is 5. The molecule has 162 valence electrons. The summed E-state index contributed by atoms with van der Waals surface area (Å²) in [5, 5.41) is 4.89. The fraction of sp³-hybridized carbons (Fsp3) is 0.261. The maximum absolute atomic E-state index is 13.2. The Morgan fingerprint density at radius 1 is 0.968 bits per heavy atom. The summed E-state index contributed by atoms with van der Waals surface area (Å²) in [6, 6.07) is 17.1. The van der Waals surface area contributed by atoms with Gasteiger partial charge < -0.3 is 10.2 Å². The van der Waals surface area contributed by atoms with Gasteiger partial charge in [-0.15, -0.1) is 0 Å². The van der Waals surface area contributed by atoms with Crippen molar-refractivity contribution in [2.75, 3.05) is 38.0 Å². The number of fused-ring (bicyclic) bond motifs is 1. The molecule has 1 fully saturated rings. The molecule has 0 saturated carbocycles. The number of aryl methyl sites for hydroxylation is 1. The number of anilines is 1. The van der Waals surface area contributed by atoms with E-state index in [4.69, 9.17) is 0 Å². The quantitative estimate of drug-likeness (QED) is 0.660. The van der Waals surface area contributed by atoms with Gasteiger partial charge in [0.2, 0.25) is 15.9 Å². The number of carbonyl (C=O) groups is 1. The number of benzene rings is 3. The van der Waals surface area contributed by atoms with Gasteiger partial charge in [0.25, 0.3) is 0 Å². The highest BCUT2D eigenvalue weighted by Crippen LogP contribution is 2.23. The molecule has 1 saturated heterocycles. The summed E-state index contributed by atoms with van der Waals surface area (Å²) in [4.78, 5) is 14.5. The summed E-state index contributed by atoms with van der Waals surface area (Å²) in [5.74, 6) is -0.440. The average Bonchev–Trinajstić information content (AvgIpc) is 2.78. The first-order chi connectivity index (χ1) is 14.8. The molecule has 1 aliphatic rings. The predicted molar refractivity (Wildman–Crippen MR) is 119 cm³/mol. The summed E-state index contributed by atoms with van der Waals surface area (Å²) >= 11 is 0. The molecule has 0 atom stereocenters. The van der Waals surface area contributed by atoms with Crippen molar-refractivity contribution in [2.45, 2.75) is 11.8 Å². The van der Waals surface area contributed by atoms with Crippen LogP contribution in [0.4, 0.5) is 10.1 Å². The molecule has 1 N–H and O–H groups in total. The maximum Gasteiger partial charge on any atom is 0.243 e. The molecule has 0 aliphatic carbocycles. The van der Waals surface area contributed by atoms with Crippen molar-refractivity contribution in [1.29, 1.82) is 0 Å². The summed E-state index contributed by atoms with van der Waals surface area (Å²) < 4.78 is 40.8. The minimum atomic E-state index is -3.62. The molecule has 0 bridgehead atoms. The molecule has 1 aliphatic heterocycles. The van der Waals surface area contributed by atoms with Gasteiger partial charge in [-0.25, -0.2) is 12.8 Å². The highest BCUT2D eigenvalue weighted by Gasteiger charge is 2.30. The molecule has 6 nitrogen and oxygen atoms in total. The topological polar surface area (TPSA) is 69.7 Å². The number of piperazine rings is 1. The van der Waals surface area contributed by atoms with Crippen molar-refractivity contribution in [2.24, 2.45) is 0 Å². The van der Waals surface area contributed by atoms with Crippen LogP contribution in [0.15, 0.2) is 65.6 Å². The van der Waals surface area contributed by atoms with E-state index in [1.54, 1.807) is 30.0 Å². The van der Waals surface area contributed by atoms with Gasteiger partial charge in [-0.05, 0) is 53.6 Å². The van der Waals surface area contributed by atoms with Gasteiger partial charge in [-0.3, -0.25) is 4.79 Å². The molecule has 0 unspecified atom stereocenters. The molecular formula is C23H24FN3O3S. The largest absolute Gasteiger partial charge is 0.376 e. The fourth-order valence-corrected chi connectivity index (χ4v) is 5.22. The number of carbonyl (C=O) groups excluding carboxylic acids is 1. The van der Waals surface area contributed by atoms with E-state index in [0.717, 1.165) is 16.3 Å². The van der Waals surface area contributed by atoms with E-state index in [0.29, 0.717) is 18.8 Å². The van der Waals surface area contributed by atoms with Crippen molar-refractivity contribution < 1.29 is 17.6 Å². The minimum absolute atomic E-state index is 0.0733. The van der Waals surface area contributed by atoms with Gasteiger partial charge >= 0.3 is 0 Å². The third-order valence-corrected chi connectivity index (χ3v) is 7.46. The lowest BCUT2D eigenvalue weighted by Gasteiger charge is -2.34. The van der Waals surface area contributed by atoms with Gasteiger partial charge in [0.15, 0.2) is 0 Å². The zero-order valence-electron chi connectivity index (χ0n) is 17.2. The maximum atomic E-state index is 13.2. The number of halogens is 1. The summed E-state index contributed by atoms with van der Waals surface area (Å²) in [6.07, 6.45) is 0. The Morgan fingerprint density at radius 3 is 2.39 bits per heavy atom. The van der Waals surface area contributed by atoms with Gasteiger partial charge in [0.1, 0.15) is 5.82 Å². The van der Waals surface area contributed by atoms with Crippen LogP contribution in [0.5, 0.6) is 0 Å². The molecule has 3 aromatic carbocycles. The standard InChI is InChI=1S/C23H24FN3O3S/c1-17-14-20(24)7-9-22(17)25-16-23(28)26-10-12-27(13-11-26)31(29,30)21-8-6-18-4-2-3-5-19(18)15-21/h2-9,14-15,25H,10-13,16H2,1H3. The smallest absolute Gasteiger partial charge is 0.243 e. The van der Waals surface area contributed by atoms with Gasteiger partial charge in [0, 0.05) is 31.9 Å². The summed E-state index contributed by atoms with van der Waals surface area (Å²) in [5.41, 5.74) is 1.42. The van der Waals surface area contributed by atoms with Crippen molar-refractivity contribution in [3.63, 3.8) is 0 Å². The molecule has 1 amide bonds. The van der Waals surface area contributed by atoms with Crippen LogP contribution in [0.25, 0.3) is 10.8 Å². The first-order valence-corrected chi connectivity index (χ1v) is 11.6. The summed E-state index contributed by atoms with van der Waals surface area (Å²) in [7, 11) is -3.62. The second-order valence-corrected chi connectivity index (χ2v) is 9.54. The SMILES string of the molecule is Cc1cc(F)ccc1NCC(=O)N1CCN(S(=O)(=O)c2ccc3ccccc3c2)CC1. The first-order valence-electron chi connectivity index (χ1n) is 10.1. The van der Waals surface area contributed by atoms with Crippen LogP contribution in [-0.4, -0.2) is 56.3 Å². The zero-order chi connectivity index (χ0) is 22.0. The molecular weight excluding hydrogens is 417 g/mol. The second kappa shape index (κ2) is 8.64. The van der Waals surface area contributed by atoms with E-state index >= 15 is 0 Å². The Hall–Kier alpha value is -2.97.